The lowest BCUT2D eigenvalue weighted by atomic mass is 10.0. The molecular formula is C16H28N4O8. The normalized spacial score (nSPS) is 15.1. The molecule has 28 heavy (non-hydrogen) atoms. The van der Waals surface area contributed by atoms with Gasteiger partial charge in [-0.1, -0.05) is 13.8 Å². The number of carbonyl (C=O) groups is 5. The maximum atomic E-state index is 12.3. The number of nitrogens with two attached hydrogens (primary N) is 1. The second-order valence-corrected chi connectivity index (χ2v) is 6.61. The Bertz CT molecular complexity index is 593. The van der Waals surface area contributed by atoms with Gasteiger partial charge in [0.25, 0.3) is 0 Å². The number of aliphatic carboxylic acids is 2. The molecular weight excluding hydrogens is 376 g/mol. The molecule has 0 aromatic rings. The Morgan fingerprint density at radius 1 is 0.929 bits per heavy atom. The fourth-order valence-electron chi connectivity index (χ4n) is 2.10. The smallest absolute Gasteiger partial charge is 0.328 e. The maximum absolute atomic E-state index is 12.3. The molecule has 160 valence electrons. The molecule has 0 aliphatic rings. The van der Waals surface area contributed by atoms with Crippen LogP contribution in [0.5, 0.6) is 0 Å². The molecule has 12 nitrogen and oxygen atoms in total. The standard InChI is InChI=1S/C16H28N4O8/c1-7(2)12(15(26)20-13(8(3)21)16(27)28)19-10(22)6-18-14(25)9(17)4-5-11(23)24/h7-9,12-13,21H,4-6,17H2,1-3H3,(H,18,25)(H,19,22)(H,20,26)(H,23,24)(H,27,28). The third-order valence-electron chi connectivity index (χ3n) is 3.74. The Morgan fingerprint density at radius 3 is 1.93 bits per heavy atom. The molecule has 0 spiro atoms. The summed E-state index contributed by atoms with van der Waals surface area (Å²) in [6.07, 6.45) is -1.75. The number of carbonyl (C=O) groups excluding carboxylic acids is 3. The van der Waals surface area contributed by atoms with Crippen LogP contribution < -0.4 is 21.7 Å². The minimum Gasteiger partial charge on any atom is -0.481 e. The first-order valence-electron chi connectivity index (χ1n) is 8.62. The zero-order chi connectivity index (χ0) is 22.0. The van der Waals surface area contributed by atoms with E-state index < -0.39 is 66.4 Å². The summed E-state index contributed by atoms with van der Waals surface area (Å²) in [5.74, 6) is -5.20. The highest BCUT2D eigenvalue weighted by Gasteiger charge is 2.31. The van der Waals surface area contributed by atoms with E-state index in [4.69, 9.17) is 15.9 Å². The van der Waals surface area contributed by atoms with Crippen molar-refractivity contribution in [2.45, 2.75) is 57.8 Å². The highest BCUT2D eigenvalue weighted by molar-refractivity contribution is 5.92. The molecule has 0 fully saturated rings. The lowest BCUT2D eigenvalue weighted by molar-refractivity contribution is -0.145. The highest BCUT2D eigenvalue weighted by atomic mass is 16.4. The summed E-state index contributed by atoms with van der Waals surface area (Å²) < 4.78 is 0. The SMILES string of the molecule is CC(C)C(NC(=O)CNC(=O)C(N)CCC(=O)O)C(=O)NC(C(=O)O)C(C)O. The van der Waals surface area contributed by atoms with E-state index in [0.29, 0.717) is 0 Å². The average Bonchev–Trinajstić information content (AvgIpc) is 2.58. The van der Waals surface area contributed by atoms with Crippen molar-refractivity contribution in [2.24, 2.45) is 11.7 Å². The summed E-state index contributed by atoms with van der Waals surface area (Å²) in [7, 11) is 0. The molecule has 0 aromatic carbocycles. The second-order valence-electron chi connectivity index (χ2n) is 6.61. The molecule has 4 atom stereocenters. The van der Waals surface area contributed by atoms with Crippen LogP contribution in [-0.4, -0.2) is 75.8 Å². The summed E-state index contributed by atoms with van der Waals surface area (Å²) in [5, 5.41) is 33.7. The van der Waals surface area contributed by atoms with Gasteiger partial charge in [0.05, 0.1) is 18.7 Å². The van der Waals surface area contributed by atoms with Gasteiger partial charge in [0, 0.05) is 6.42 Å². The summed E-state index contributed by atoms with van der Waals surface area (Å²) in [4.78, 5) is 57.5. The van der Waals surface area contributed by atoms with Gasteiger partial charge in [-0.2, -0.15) is 0 Å². The van der Waals surface area contributed by atoms with Crippen LogP contribution in [0.1, 0.15) is 33.6 Å². The molecule has 0 saturated carbocycles. The van der Waals surface area contributed by atoms with E-state index in [1.807, 2.05) is 0 Å². The van der Waals surface area contributed by atoms with Crippen molar-refractivity contribution < 1.29 is 39.3 Å². The molecule has 0 radical (unpaired) electrons. The van der Waals surface area contributed by atoms with Crippen LogP contribution in [0, 0.1) is 5.92 Å². The van der Waals surface area contributed by atoms with Gasteiger partial charge < -0.3 is 37.0 Å². The Morgan fingerprint density at radius 2 is 1.50 bits per heavy atom. The van der Waals surface area contributed by atoms with Gasteiger partial charge in [0.1, 0.15) is 6.04 Å². The predicted molar refractivity (Wildman–Crippen MR) is 95.9 cm³/mol. The van der Waals surface area contributed by atoms with Crippen molar-refractivity contribution in [1.82, 2.24) is 16.0 Å². The molecule has 0 heterocycles. The Kier molecular flexibility index (Phi) is 10.7. The zero-order valence-electron chi connectivity index (χ0n) is 16.0. The van der Waals surface area contributed by atoms with Gasteiger partial charge in [0.15, 0.2) is 6.04 Å². The van der Waals surface area contributed by atoms with E-state index in [9.17, 15) is 29.1 Å². The number of aliphatic hydroxyl groups excluding tert-OH is 1. The molecule has 0 bridgehead atoms. The van der Waals surface area contributed by atoms with Crippen LogP contribution in [0.25, 0.3) is 0 Å². The van der Waals surface area contributed by atoms with Crippen molar-refractivity contribution in [3.05, 3.63) is 0 Å². The Balaban J connectivity index is 4.73. The number of aliphatic hydroxyl groups is 1. The zero-order valence-corrected chi connectivity index (χ0v) is 16.0. The van der Waals surface area contributed by atoms with Crippen LogP contribution >= 0.6 is 0 Å². The van der Waals surface area contributed by atoms with Crippen molar-refractivity contribution in [2.75, 3.05) is 6.54 Å². The lowest BCUT2D eigenvalue weighted by Gasteiger charge is -2.25. The predicted octanol–water partition coefficient (Wildman–Crippen LogP) is -2.61. The molecule has 0 aliphatic heterocycles. The molecule has 0 rings (SSSR count). The monoisotopic (exact) mass is 404 g/mol. The number of hydrogen-bond donors (Lipinski definition) is 7. The van der Waals surface area contributed by atoms with Gasteiger partial charge in [-0.05, 0) is 19.3 Å². The molecule has 8 N–H and O–H groups in total. The van der Waals surface area contributed by atoms with E-state index in [2.05, 4.69) is 16.0 Å². The average molecular weight is 404 g/mol. The number of hydrogen-bond acceptors (Lipinski definition) is 7. The van der Waals surface area contributed by atoms with Crippen LogP contribution in [0.2, 0.25) is 0 Å². The molecule has 0 saturated heterocycles. The lowest BCUT2D eigenvalue weighted by Crippen LogP contribution is -2.57. The van der Waals surface area contributed by atoms with Crippen LogP contribution in [-0.2, 0) is 24.0 Å². The topological polar surface area (TPSA) is 208 Å². The molecule has 3 amide bonds. The molecule has 0 aliphatic carbocycles. The summed E-state index contributed by atoms with van der Waals surface area (Å²) >= 11 is 0. The molecule has 0 aromatic heterocycles. The van der Waals surface area contributed by atoms with E-state index in [1.54, 1.807) is 13.8 Å². The maximum Gasteiger partial charge on any atom is 0.328 e. The number of amides is 3. The van der Waals surface area contributed by atoms with E-state index in [-0.39, 0.29) is 12.8 Å². The largest absolute Gasteiger partial charge is 0.481 e. The Labute approximate surface area is 161 Å². The van der Waals surface area contributed by atoms with E-state index in [0.717, 1.165) is 0 Å². The van der Waals surface area contributed by atoms with Crippen molar-refractivity contribution in [3.8, 4) is 0 Å². The Hall–Kier alpha value is -2.73. The first-order valence-corrected chi connectivity index (χ1v) is 8.62. The van der Waals surface area contributed by atoms with Gasteiger partial charge in [-0.3, -0.25) is 19.2 Å². The minimum atomic E-state index is -1.54. The van der Waals surface area contributed by atoms with Crippen molar-refractivity contribution in [3.63, 3.8) is 0 Å². The van der Waals surface area contributed by atoms with Crippen molar-refractivity contribution >= 4 is 29.7 Å². The highest BCUT2D eigenvalue weighted by Crippen LogP contribution is 2.04. The number of carboxylic acid groups (broad SMARTS) is 2. The van der Waals surface area contributed by atoms with E-state index in [1.165, 1.54) is 6.92 Å². The van der Waals surface area contributed by atoms with E-state index >= 15 is 0 Å². The third kappa shape index (κ3) is 9.28. The van der Waals surface area contributed by atoms with Crippen LogP contribution in [0.3, 0.4) is 0 Å². The summed E-state index contributed by atoms with van der Waals surface area (Å²) in [6, 6.07) is -3.75. The quantitative estimate of drug-likeness (QED) is 0.181. The van der Waals surface area contributed by atoms with Gasteiger partial charge in [-0.15, -0.1) is 0 Å². The minimum absolute atomic E-state index is 0.101. The fourth-order valence-corrected chi connectivity index (χ4v) is 2.10. The molecule has 12 heteroatoms. The first-order chi connectivity index (χ1) is 12.9. The first kappa shape index (κ1) is 25.3. The molecule has 4 unspecified atom stereocenters. The van der Waals surface area contributed by atoms with Gasteiger partial charge in [-0.25, -0.2) is 4.79 Å². The number of rotatable bonds is 12. The third-order valence-corrected chi connectivity index (χ3v) is 3.74. The fraction of sp³-hybridized carbons (Fsp3) is 0.688. The van der Waals surface area contributed by atoms with Crippen LogP contribution in [0.4, 0.5) is 0 Å². The summed E-state index contributed by atoms with van der Waals surface area (Å²) in [6.45, 7) is 3.92. The summed E-state index contributed by atoms with van der Waals surface area (Å²) in [5.41, 5.74) is 5.51. The number of carboxylic acids is 2. The van der Waals surface area contributed by atoms with Gasteiger partial charge >= 0.3 is 11.9 Å². The number of nitrogens with one attached hydrogen (secondary N) is 3. The van der Waals surface area contributed by atoms with Crippen LogP contribution in [0.15, 0.2) is 0 Å². The van der Waals surface area contributed by atoms with Gasteiger partial charge in [0.2, 0.25) is 17.7 Å². The second kappa shape index (κ2) is 11.9. The van der Waals surface area contributed by atoms with Crippen molar-refractivity contribution in [1.29, 1.82) is 0 Å².